The lowest BCUT2D eigenvalue weighted by atomic mass is 10.1. The Labute approximate surface area is 157 Å². The molecule has 0 spiro atoms. The van der Waals surface area contributed by atoms with Gasteiger partial charge in [0.25, 0.3) is 0 Å². The number of ether oxygens (including phenoxy) is 1. The molecule has 1 amide bonds. The van der Waals surface area contributed by atoms with E-state index in [2.05, 4.69) is 5.32 Å². The van der Waals surface area contributed by atoms with Gasteiger partial charge in [0.05, 0.1) is 24.2 Å². The number of carbonyl (C=O) groups is 2. The molecule has 0 aliphatic heterocycles. The van der Waals surface area contributed by atoms with Crippen LogP contribution in [-0.4, -0.2) is 18.5 Å². The second kappa shape index (κ2) is 8.22. The van der Waals surface area contributed by atoms with Gasteiger partial charge in [-0.2, -0.15) is 18.4 Å². The number of alkyl halides is 3. The summed E-state index contributed by atoms with van der Waals surface area (Å²) in [7, 11) is 0. The maximum absolute atomic E-state index is 12.8. The lowest BCUT2D eigenvalue weighted by Crippen LogP contribution is -2.15. The summed E-state index contributed by atoms with van der Waals surface area (Å²) in [6, 6.07) is 6.37. The van der Waals surface area contributed by atoms with E-state index in [4.69, 9.17) is 4.74 Å². The van der Waals surface area contributed by atoms with Crippen molar-refractivity contribution in [2.45, 2.75) is 26.4 Å². The van der Waals surface area contributed by atoms with Gasteiger partial charge in [-0.3, -0.25) is 4.79 Å². The third-order valence-corrected chi connectivity index (χ3v) is 4.78. The zero-order valence-electron chi connectivity index (χ0n) is 14.4. The predicted octanol–water partition coefficient (Wildman–Crippen LogP) is 4.30. The molecule has 0 unspecified atom stereocenters. The van der Waals surface area contributed by atoms with Gasteiger partial charge in [0.2, 0.25) is 5.91 Å². The Morgan fingerprint density at radius 2 is 2.04 bits per heavy atom. The molecule has 0 radical (unpaired) electrons. The van der Waals surface area contributed by atoms with Crippen LogP contribution in [0.15, 0.2) is 24.3 Å². The topological polar surface area (TPSA) is 79.2 Å². The lowest BCUT2D eigenvalue weighted by molar-refractivity contribution is -0.137. The van der Waals surface area contributed by atoms with Gasteiger partial charge >= 0.3 is 12.1 Å². The molecule has 142 valence electrons. The zero-order chi connectivity index (χ0) is 20.2. The summed E-state index contributed by atoms with van der Waals surface area (Å²) in [5, 5.41) is 11.9. The third-order valence-electron chi connectivity index (χ3n) is 3.59. The molecular weight excluding hydrogens is 381 g/mol. The number of anilines is 1. The molecule has 0 saturated carbocycles. The van der Waals surface area contributed by atoms with Crippen molar-refractivity contribution in [2.24, 2.45) is 0 Å². The van der Waals surface area contributed by atoms with Gasteiger partial charge in [-0.1, -0.05) is 18.2 Å². The van der Waals surface area contributed by atoms with Crippen molar-refractivity contribution in [1.82, 2.24) is 0 Å². The molecule has 9 heteroatoms. The van der Waals surface area contributed by atoms with Gasteiger partial charge in [0.15, 0.2) is 0 Å². The van der Waals surface area contributed by atoms with Crippen LogP contribution in [0.3, 0.4) is 0 Å². The fraction of sp³-hybridized carbons (Fsp3) is 0.278. The van der Waals surface area contributed by atoms with Crippen molar-refractivity contribution >= 4 is 28.2 Å². The van der Waals surface area contributed by atoms with Crippen molar-refractivity contribution < 1.29 is 27.5 Å². The van der Waals surface area contributed by atoms with Crippen LogP contribution in [0, 0.1) is 18.3 Å². The van der Waals surface area contributed by atoms with E-state index in [0.29, 0.717) is 5.56 Å². The number of thiophene rings is 1. The van der Waals surface area contributed by atoms with Crippen LogP contribution < -0.4 is 5.32 Å². The molecule has 1 aromatic carbocycles. The molecule has 0 aliphatic carbocycles. The normalized spacial score (nSPS) is 11.0. The number of hydrogen-bond donors (Lipinski definition) is 1. The molecule has 0 saturated heterocycles. The molecule has 2 aromatic rings. The van der Waals surface area contributed by atoms with Crippen LogP contribution in [-0.2, 0) is 22.1 Å². The average Bonchev–Trinajstić information content (AvgIpc) is 2.90. The number of hydrogen-bond acceptors (Lipinski definition) is 5. The van der Waals surface area contributed by atoms with E-state index in [0.717, 1.165) is 23.5 Å². The number of halogens is 3. The molecule has 1 N–H and O–H groups in total. The predicted molar refractivity (Wildman–Crippen MR) is 93.5 cm³/mol. The highest BCUT2D eigenvalue weighted by Crippen LogP contribution is 2.33. The van der Waals surface area contributed by atoms with Gasteiger partial charge in [-0.25, -0.2) is 4.79 Å². The summed E-state index contributed by atoms with van der Waals surface area (Å²) in [6.07, 6.45) is -4.81. The summed E-state index contributed by atoms with van der Waals surface area (Å²) in [5.74, 6) is -1.20. The van der Waals surface area contributed by atoms with Gasteiger partial charge in [0, 0.05) is 0 Å². The molecule has 2 rings (SSSR count). The summed E-state index contributed by atoms with van der Waals surface area (Å²) in [6.45, 7) is 3.36. The van der Waals surface area contributed by atoms with E-state index in [1.54, 1.807) is 13.8 Å². The van der Waals surface area contributed by atoms with E-state index >= 15 is 0 Å². The first-order valence-electron chi connectivity index (χ1n) is 7.84. The number of benzene rings is 1. The molecule has 0 aliphatic rings. The first-order chi connectivity index (χ1) is 12.7. The third kappa shape index (κ3) is 4.86. The standard InChI is InChI=1S/C18H15F3N2O3S/c1-3-26-17(25)15-10(2)13(9-22)16(27-15)23-14(24)8-11-5-4-6-12(7-11)18(19,20)21/h4-7H,3,8H2,1-2H3,(H,23,24). The fourth-order valence-corrected chi connectivity index (χ4v) is 3.41. The van der Waals surface area contributed by atoms with Gasteiger partial charge < -0.3 is 10.1 Å². The number of nitrogens with one attached hydrogen (secondary N) is 1. The molecule has 1 aromatic heterocycles. The lowest BCUT2D eigenvalue weighted by Gasteiger charge is -2.09. The second-order valence-corrected chi connectivity index (χ2v) is 6.54. The first-order valence-corrected chi connectivity index (χ1v) is 8.65. The number of nitrogens with zero attached hydrogens (tertiary/aromatic N) is 1. The number of rotatable bonds is 5. The maximum Gasteiger partial charge on any atom is 0.416 e. The minimum absolute atomic E-state index is 0.125. The van der Waals surface area contributed by atoms with Crippen LogP contribution >= 0.6 is 11.3 Å². The molecule has 5 nitrogen and oxygen atoms in total. The van der Waals surface area contributed by atoms with Crippen LogP contribution in [0.4, 0.5) is 18.2 Å². The van der Waals surface area contributed by atoms with E-state index < -0.39 is 23.6 Å². The summed E-state index contributed by atoms with van der Waals surface area (Å²) in [5.41, 5.74) is -0.155. The Kier molecular flexibility index (Phi) is 6.23. The smallest absolute Gasteiger partial charge is 0.416 e. The summed E-state index contributed by atoms with van der Waals surface area (Å²) < 4.78 is 43.2. The van der Waals surface area contributed by atoms with E-state index in [9.17, 15) is 28.0 Å². The molecular formula is C18H15F3N2O3S. The van der Waals surface area contributed by atoms with Gasteiger partial charge in [-0.15, -0.1) is 11.3 Å². The molecule has 0 bridgehead atoms. The van der Waals surface area contributed by atoms with Crippen LogP contribution in [0.2, 0.25) is 0 Å². The molecule has 1 heterocycles. The van der Waals surface area contributed by atoms with Crippen molar-refractivity contribution in [1.29, 1.82) is 5.26 Å². The fourth-order valence-electron chi connectivity index (χ4n) is 2.34. The minimum Gasteiger partial charge on any atom is -0.462 e. The Bertz CT molecular complexity index is 914. The monoisotopic (exact) mass is 396 g/mol. The molecule has 0 fully saturated rings. The largest absolute Gasteiger partial charge is 0.462 e. The highest BCUT2D eigenvalue weighted by molar-refractivity contribution is 7.18. The summed E-state index contributed by atoms with van der Waals surface area (Å²) in [4.78, 5) is 24.3. The minimum atomic E-state index is -4.50. The number of amides is 1. The first kappa shape index (κ1) is 20.5. The highest BCUT2D eigenvalue weighted by atomic mass is 32.1. The number of carbonyl (C=O) groups excluding carboxylic acids is 2. The van der Waals surface area contributed by atoms with Crippen LogP contribution in [0.25, 0.3) is 0 Å². The second-order valence-electron chi connectivity index (χ2n) is 5.52. The maximum atomic E-state index is 12.8. The SMILES string of the molecule is CCOC(=O)c1sc(NC(=O)Cc2cccc(C(F)(F)F)c2)c(C#N)c1C. The Balaban J connectivity index is 2.20. The van der Waals surface area contributed by atoms with Gasteiger partial charge in [-0.05, 0) is 31.0 Å². The quantitative estimate of drug-likeness (QED) is 0.764. The van der Waals surface area contributed by atoms with Crippen molar-refractivity contribution in [2.75, 3.05) is 11.9 Å². The Morgan fingerprint density at radius 1 is 1.33 bits per heavy atom. The molecule has 0 atom stereocenters. The van der Waals surface area contributed by atoms with Crippen LogP contribution in [0.5, 0.6) is 0 Å². The Morgan fingerprint density at radius 3 is 2.63 bits per heavy atom. The van der Waals surface area contributed by atoms with Crippen molar-refractivity contribution in [3.05, 3.63) is 51.4 Å². The van der Waals surface area contributed by atoms with Crippen molar-refractivity contribution in [3.63, 3.8) is 0 Å². The number of esters is 1. The number of nitriles is 1. The van der Waals surface area contributed by atoms with E-state index in [-0.39, 0.29) is 34.0 Å². The Hall–Kier alpha value is -2.86. The van der Waals surface area contributed by atoms with E-state index in [1.807, 2.05) is 6.07 Å². The highest BCUT2D eigenvalue weighted by Gasteiger charge is 2.30. The van der Waals surface area contributed by atoms with Crippen molar-refractivity contribution in [3.8, 4) is 6.07 Å². The van der Waals surface area contributed by atoms with E-state index in [1.165, 1.54) is 12.1 Å². The zero-order valence-corrected chi connectivity index (χ0v) is 15.3. The molecule has 27 heavy (non-hydrogen) atoms. The van der Waals surface area contributed by atoms with Gasteiger partial charge in [0.1, 0.15) is 15.9 Å². The average molecular weight is 396 g/mol. The van der Waals surface area contributed by atoms with Crippen LogP contribution in [0.1, 0.15) is 38.8 Å². The summed E-state index contributed by atoms with van der Waals surface area (Å²) >= 11 is 0.896.